The molecule has 0 bridgehead atoms. The van der Waals surface area contributed by atoms with Crippen molar-refractivity contribution in [1.29, 1.82) is 0 Å². The molecule has 8 heteroatoms. The molecule has 0 aromatic rings. The summed E-state index contributed by atoms with van der Waals surface area (Å²) in [6.07, 6.45) is 5.09. The van der Waals surface area contributed by atoms with Gasteiger partial charge in [-0.3, -0.25) is 9.59 Å². The molecule has 0 aliphatic heterocycles. The third-order valence-corrected chi connectivity index (χ3v) is 4.40. The second-order valence-corrected chi connectivity index (χ2v) is 6.52. The van der Waals surface area contributed by atoms with Gasteiger partial charge in [-0.15, -0.1) is 0 Å². The van der Waals surface area contributed by atoms with Crippen molar-refractivity contribution >= 4 is 11.8 Å². The van der Waals surface area contributed by atoms with E-state index in [1.165, 1.54) is 0 Å². The average molecular weight is 373 g/mol. The van der Waals surface area contributed by atoms with Gasteiger partial charge in [0.25, 0.3) is 0 Å². The highest BCUT2D eigenvalue weighted by atomic mass is 16.2. The molecule has 6 N–H and O–H groups in total. The van der Waals surface area contributed by atoms with Gasteiger partial charge in [-0.25, -0.2) is 0 Å². The summed E-state index contributed by atoms with van der Waals surface area (Å²) in [5.74, 6) is 0.143. The van der Waals surface area contributed by atoms with Gasteiger partial charge in [0.1, 0.15) is 0 Å². The van der Waals surface area contributed by atoms with Gasteiger partial charge in [0.05, 0.1) is 6.04 Å². The van der Waals surface area contributed by atoms with E-state index in [1.807, 2.05) is 28.2 Å². The molecule has 0 aliphatic carbocycles. The van der Waals surface area contributed by atoms with E-state index in [2.05, 4.69) is 31.9 Å². The van der Waals surface area contributed by atoms with E-state index in [9.17, 15) is 9.59 Å². The fourth-order valence-corrected chi connectivity index (χ4v) is 2.71. The Morgan fingerprint density at radius 3 is 2.08 bits per heavy atom. The molecule has 0 heterocycles. The van der Waals surface area contributed by atoms with Crippen LogP contribution in [0.3, 0.4) is 0 Å². The molecule has 0 spiro atoms. The molecule has 0 rings (SSSR count). The van der Waals surface area contributed by atoms with Crippen LogP contribution in [0.5, 0.6) is 0 Å². The molecule has 154 valence electrons. The Hall–Kier alpha value is -1.22. The third-order valence-electron chi connectivity index (χ3n) is 4.40. The highest BCUT2D eigenvalue weighted by Gasteiger charge is 2.15. The lowest BCUT2D eigenvalue weighted by molar-refractivity contribution is -0.123. The number of likely N-dealkylation sites (N-methyl/N-ethyl adjacent to an activating group) is 2. The third kappa shape index (κ3) is 13.0. The summed E-state index contributed by atoms with van der Waals surface area (Å²) >= 11 is 0. The Morgan fingerprint density at radius 1 is 0.731 bits per heavy atom. The quantitative estimate of drug-likeness (QED) is 0.186. The smallest absolute Gasteiger partial charge is 0.237 e. The lowest BCUT2D eigenvalue weighted by Crippen LogP contribution is -2.43. The summed E-state index contributed by atoms with van der Waals surface area (Å²) in [7, 11) is 7.49. The van der Waals surface area contributed by atoms with E-state index in [4.69, 9.17) is 0 Å². The summed E-state index contributed by atoms with van der Waals surface area (Å²) in [6.45, 7) is 3.02. The average Bonchev–Trinajstić information content (AvgIpc) is 2.64. The molecule has 0 unspecified atom stereocenters. The maximum Gasteiger partial charge on any atom is 0.237 e. The monoisotopic (exact) mass is 372 g/mol. The highest BCUT2D eigenvalue weighted by molar-refractivity contribution is 5.81. The van der Waals surface area contributed by atoms with Gasteiger partial charge in [0.2, 0.25) is 11.8 Å². The maximum absolute atomic E-state index is 12.1. The SMILES string of the molecule is CNCCC[C@H](NC)C(=O)NCCCC[C@@H](CC(=O)NCCNC)NC. The van der Waals surface area contributed by atoms with Crippen LogP contribution in [0.4, 0.5) is 0 Å². The first kappa shape index (κ1) is 24.8. The predicted molar refractivity (Wildman–Crippen MR) is 107 cm³/mol. The van der Waals surface area contributed by atoms with Crippen molar-refractivity contribution < 1.29 is 9.59 Å². The summed E-state index contributed by atoms with van der Waals surface area (Å²) in [6, 6.07) is 0.0431. The number of carbonyl (C=O) groups is 2. The molecule has 2 atom stereocenters. The number of carbonyl (C=O) groups excluding carboxylic acids is 2. The topological polar surface area (TPSA) is 106 Å². The van der Waals surface area contributed by atoms with Gasteiger partial charge in [0.15, 0.2) is 0 Å². The van der Waals surface area contributed by atoms with E-state index in [1.54, 1.807) is 0 Å². The van der Waals surface area contributed by atoms with Crippen LogP contribution in [0.2, 0.25) is 0 Å². The summed E-state index contributed by atoms with van der Waals surface area (Å²) < 4.78 is 0. The van der Waals surface area contributed by atoms with Crippen molar-refractivity contribution in [1.82, 2.24) is 31.9 Å². The van der Waals surface area contributed by atoms with Crippen molar-refractivity contribution in [3.05, 3.63) is 0 Å². The Balaban J connectivity index is 3.86. The number of rotatable bonds is 17. The zero-order valence-corrected chi connectivity index (χ0v) is 17.0. The minimum Gasteiger partial charge on any atom is -0.355 e. The molecule has 0 fully saturated rings. The van der Waals surface area contributed by atoms with Crippen molar-refractivity contribution in [3.63, 3.8) is 0 Å². The normalized spacial score (nSPS) is 13.2. The highest BCUT2D eigenvalue weighted by Crippen LogP contribution is 2.04. The molecule has 0 saturated heterocycles. The molecular weight excluding hydrogens is 332 g/mol. The van der Waals surface area contributed by atoms with E-state index in [0.29, 0.717) is 19.5 Å². The van der Waals surface area contributed by atoms with Crippen LogP contribution >= 0.6 is 0 Å². The van der Waals surface area contributed by atoms with Crippen LogP contribution in [-0.2, 0) is 9.59 Å². The molecule has 2 amide bonds. The summed E-state index contributed by atoms with van der Waals surface area (Å²) in [5.41, 5.74) is 0. The lowest BCUT2D eigenvalue weighted by Gasteiger charge is -2.17. The fraction of sp³-hybridized carbons (Fsp3) is 0.889. The Morgan fingerprint density at radius 2 is 1.46 bits per heavy atom. The van der Waals surface area contributed by atoms with Gasteiger partial charge in [0, 0.05) is 32.1 Å². The lowest BCUT2D eigenvalue weighted by atomic mass is 10.1. The first-order valence-corrected chi connectivity index (χ1v) is 9.77. The van der Waals surface area contributed by atoms with Crippen molar-refractivity contribution in [2.24, 2.45) is 0 Å². The van der Waals surface area contributed by atoms with Crippen LogP contribution < -0.4 is 31.9 Å². The number of nitrogens with one attached hydrogen (secondary N) is 6. The number of hydrogen-bond donors (Lipinski definition) is 6. The Labute approximate surface area is 159 Å². The zero-order chi connectivity index (χ0) is 19.6. The van der Waals surface area contributed by atoms with Crippen LogP contribution in [-0.4, -0.2) is 78.3 Å². The molecule has 8 nitrogen and oxygen atoms in total. The first-order chi connectivity index (χ1) is 12.6. The van der Waals surface area contributed by atoms with Crippen molar-refractivity contribution in [2.75, 3.05) is 54.4 Å². The minimum absolute atomic E-state index is 0.0673. The molecular formula is C18H40N6O2. The van der Waals surface area contributed by atoms with Crippen LogP contribution in [0.15, 0.2) is 0 Å². The Kier molecular flexibility index (Phi) is 16.4. The van der Waals surface area contributed by atoms with E-state index in [-0.39, 0.29) is 23.9 Å². The zero-order valence-electron chi connectivity index (χ0n) is 17.0. The first-order valence-electron chi connectivity index (χ1n) is 9.77. The van der Waals surface area contributed by atoms with Crippen LogP contribution in [0, 0.1) is 0 Å². The van der Waals surface area contributed by atoms with Crippen LogP contribution in [0.1, 0.15) is 38.5 Å². The van der Waals surface area contributed by atoms with Gasteiger partial charge >= 0.3 is 0 Å². The summed E-state index contributed by atoms with van der Waals surface area (Å²) in [4.78, 5) is 24.0. The largest absolute Gasteiger partial charge is 0.355 e. The minimum atomic E-state index is -0.130. The van der Waals surface area contributed by atoms with Gasteiger partial charge in [-0.05, 0) is 60.4 Å². The summed E-state index contributed by atoms with van der Waals surface area (Å²) in [5, 5.41) is 18.3. The van der Waals surface area contributed by atoms with E-state index in [0.717, 1.165) is 45.2 Å². The van der Waals surface area contributed by atoms with E-state index < -0.39 is 0 Å². The van der Waals surface area contributed by atoms with Gasteiger partial charge in [-0.1, -0.05) is 6.42 Å². The number of amides is 2. The molecule has 0 aromatic heterocycles. The predicted octanol–water partition coefficient (Wildman–Crippen LogP) is -0.826. The molecule has 0 saturated carbocycles. The fourth-order valence-electron chi connectivity index (χ4n) is 2.71. The van der Waals surface area contributed by atoms with Crippen molar-refractivity contribution in [2.45, 2.75) is 50.6 Å². The maximum atomic E-state index is 12.1. The molecule has 0 aromatic carbocycles. The number of hydrogen-bond acceptors (Lipinski definition) is 6. The second kappa shape index (κ2) is 17.2. The van der Waals surface area contributed by atoms with Crippen molar-refractivity contribution in [3.8, 4) is 0 Å². The molecule has 26 heavy (non-hydrogen) atoms. The molecule has 0 radical (unpaired) electrons. The number of unbranched alkanes of at least 4 members (excludes halogenated alkanes) is 1. The van der Waals surface area contributed by atoms with Crippen LogP contribution in [0.25, 0.3) is 0 Å². The van der Waals surface area contributed by atoms with Gasteiger partial charge < -0.3 is 31.9 Å². The van der Waals surface area contributed by atoms with E-state index >= 15 is 0 Å². The second-order valence-electron chi connectivity index (χ2n) is 6.52. The molecule has 0 aliphatic rings. The Bertz CT molecular complexity index is 368. The van der Waals surface area contributed by atoms with Gasteiger partial charge in [-0.2, -0.15) is 0 Å². The standard InChI is InChI=1S/C18H40N6O2/c1-19-10-7-9-16(22-4)18(26)24-11-6-5-8-15(21-3)14-17(25)23-13-12-20-2/h15-16,19-22H,5-14H2,1-4H3,(H,23,25)(H,24,26)/t15-,16-/m0/s1.